The van der Waals surface area contributed by atoms with Crippen molar-refractivity contribution >= 4 is 99.9 Å². The molecule has 4 rings (SSSR count). The van der Waals surface area contributed by atoms with Gasteiger partial charge in [0, 0.05) is 29.5 Å². The van der Waals surface area contributed by atoms with Gasteiger partial charge in [-0.05, 0) is 174 Å². The van der Waals surface area contributed by atoms with E-state index in [2.05, 4.69) is 25.7 Å². The molecule has 0 aliphatic heterocycles. The topological polar surface area (TPSA) is 428 Å². The monoisotopic (exact) mass is 1580 g/mol. The molecule has 111 heavy (non-hydrogen) atoms. The molecule has 4 aromatic rings. The van der Waals surface area contributed by atoms with Crippen molar-refractivity contribution in [3.05, 3.63) is 112 Å². The first kappa shape index (κ1) is 102. The van der Waals surface area contributed by atoms with Gasteiger partial charge in [0.25, 0.3) is 6.26 Å². The van der Waals surface area contributed by atoms with Crippen LogP contribution >= 0.6 is 0 Å². The van der Waals surface area contributed by atoms with E-state index in [4.69, 9.17) is 57.4 Å². The largest absolute Gasteiger partial charge is 1.00 e. The third-order valence-electron chi connectivity index (χ3n) is 14.4. The molecule has 6 atom stereocenters. The molecule has 604 valence electrons. The van der Waals surface area contributed by atoms with Crippen LogP contribution in [0.5, 0.6) is 5.75 Å². The molecule has 4 aromatic carbocycles. The minimum absolute atomic E-state index is 0. The zero-order valence-corrected chi connectivity index (χ0v) is 70.4. The van der Waals surface area contributed by atoms with Crippen molar-refractivity contribution in [3.8, 4) is 12.0 Å². The molecule has 0 radical (unpaired) electrons. The fraction of sp³-hybridized carbons (Fsp3) is 0.519. The Morgan fingerprint density at radius 1 is 0.495 bits per heavy atom. The van der Waals surface area contributed by atoms with Gasteiger partial charge in [-0.25, -0.2) is 14.4 Å². The van der Waals surface area contributed by atoms with Crippen LogP contribution in [0.15, 0.2) is 77.8 Å². The third-order valence-corrected chi connectivity index (χ3v) is 14.4. The Hall–Kier alpha value is -8.97. The number of carbonyl (C=O) groups is 12. The van der Waals surface area contributed by atoms with E-state index in [9.17, 15) is 67.4 Å². The molecule has 31 nitrogen and oxygen atoms in total. The summed E-state index contributed by atoms with van der Waals surface area (Å²) in [5.74, 6) is -8.88. The van der Waals surface area contributed by atoms with E-state index in [1.807, 2.05) is 13.8 Å². The first-order valence-corrected chi connectivity index (χ1v) is 35.4. The molecule has 0 saturated heterocycles. The average molecular weight is 1580 g/mol. The molecule has 0 aliphatic rings. The number of ketones is 4. The fourth-order valence-electron chi connectivity index (χ4n) is 9.03. The minimum Gasteiger partial charge on any atom is -0.850 e. The molecule has 32 heteroatoms. The van der Waals surface area contributed by atoms with E-state index in [0.29, 0.717) is 57.4 Å². The first-order valence-electron chi connectivity index (χ1n) is 35.4. The van der Waals surface area contributed by atoms with Gasteiger partial charge in [-0.3, -0.25) is 58.6 Å². The number of amides is 3. The first-order chi connectivity index (χ1) is 51.6. The van der Waals surface area contributed by atoms with Crippen LogP contribution in [0.25, 0.3) is 0 Å². The van der Waals surface area contributed by atoms with E-state index in [1.54, 1.807) is 164 Å². The zero-order chi connectivity index (χ0) is 83.4. The van der Waals surface area contributed by atoms with Gasteiger partial charge in [0.15, 0.2) is 11.7 Å². The van der Waals surface area contributed by atoms with Crippen molar-refractivity contribution in [2.24, 2.45) is 16.8 Å². The number of Topliss-reactive ketones (excluding diaryl/α,β-unsaturated/α-hetero) is 4. The number of hydrogen-bond donors (Lipinski definition) is 3. The van der Waals surface area contributed by atoms with Gasteiger partial charge < -0.3 is 67.3 Å². The summed E-state index contributed by atoms with van der Waals surface area (Å²) in [5, 5.41) is 26.5. The van der Waals surface area contributed by atoms with Crippen LogP contribution in [-0.2, 0) is 124 Å². The van der Waals surface area contributed by atoms with Crippen molar-refractivity contribution in [1.29, 1.82) is 5.26 Å². The van der Waals surface area contributed by atoms with Gasteiger partial charge in [0.1, 0.15) is 54.9 Å². The maximum atomic E-state index is 13.0. The quantitative estimate of drug-likeness (QED) is 0.00786. The van der Waals surface area contributed by atoms with Crippen LogP contribution in [-0.4, -0.2) is 179 Å². The summed E-state index contributed by atoms with van der Waals surface area (Å²) in [6, 6.07) is 19.9. The van der Waals surface area contributed by atoms with Crippen molar-refractivity contribution in [3.63, 3.8) is 0 Å². The molecule has 6 unspecified atom stereocenters. The van der Waals surface area contributed by atoms with Crippen LogP contribution in [0.1, 0.15) is 149 Å². The Morgan fingerprint density at radius 2 is 0.910 bits per heavy atom. The Morgan fingerprint density at radius 3 is 1.34 bits per heavy atom. The smallest absolute Gasteiger partial charge is 0.850 e. The second-order valence-corrected chi connectivity index (χ2v) is 26.3. The number of aliphatic imine (C=N–C) groups is 1. The number of benzene rings is 4. The fourth-order valence-corrected chi connectivity index (χ4v) is 9.03. The van der Waals surface area contributed by atoms with Gasteiger partial charge in [-0.2, -0.15) is 4.99 Å². The summed E-state index contributed by atoms with van der Waals surface area (Å²) in [5.41, 5.74) is 5.48. The maximum Gasteiger partial charge on any atom is 1.00 e. The van der Waals surface area contributed by atoms with Crippen molar-refractivity contribution in [2.75, 3.05) is 75.4 Å². The number of nitrogens with one attached hydrogen (secondary N) is 3. The van der Waals surface area contributed by atoms with E-state index < -0.39 is 113 Å². The minimum atomic E-state index is -1.70. The summed E-state index contributed by atoms with van der Waals surface area (Å²) in [4.78, 5) is 158. The van der Waals surface area contributed by atoms with Crippen molar-refractivity contribution in [1.82, 2.24) is 0 Å². The predicted octanol–water partition coefficient (Wildman–Crippen LogP) is 6.76. The van der Waals surface area contributed by atoms with Crippen molar-refractivity contribution in [2.45, 2.75) is 199 Å². The standard InChI is InChI=1S/C41H54N2O14.C28H33N3O8.C6H10O3.C4H9O.K/c1-10-52-39(49)37(40(50)53-11-2)34(46)18-31-16-30(14-12-23(31)3)17-35(47)57-27(7)22-55-25(5)20-54-26(6)21-56-41(51)42-32-15-13-24(4)33(19-32)43-38(48)36(28(8)44)29(9)45;1-18-6-8-23(10-25(18)30-17-32)11-27(33)39-22(5)15-36-20(3)13-35-21(4)14-37-28(34)31-24-9-7-19(2)26(12-24)38-16-29;1-3-9-6(8)4-5(2)7;1-4(2,3)5;/h12-16,19,25-27,36-37H,10-11,17-18,20-22H2,1-9H3,(H,42,51)(H,43,48);6-10,12,20-22H,11,13-15H2,1-5H3,(H,31,34);3-4H2,1-2H3;1-3H3;/q;;;-1;+1. The molecule has 3 amide bonds. The summed E-state index contributed by atoms with van der Waals surface area (Å²) in [6.45, 7) is 31.8. The number of rotatable bonds is 40. The number of nitrogens with zero attached hydrogens (tertiary/aromatic N) is 2. The molecule has 0 heterocycles. The normalized spacial score (nSPS) is 12.2. The summed E-state index contributed by atoms with van der Waals surface area (Å²) < 4.78 is 63.4. The Bertz CT molecular complexity index is 3790. The summed E-state index contributed by atoms with van der Waals surface area (Å²) in [6.07, 6.45) is -1.43. The number of ether oxygens (including phenoxy) is 12. The molecule has 0 fully saturated rings. The molecular weight excluding hydrogens is 1470 g/mol. The number of nitriles is 1. The van der Waals surface area contributed by atoms with Gasteiger partial charge in [-0.1, -0.05) is 63.2 Å². The molecule has 0 aliphatic carbocycles. The van der Waals surface area contributed by atoms with E-state index >= 15 is 0 Å². The summed E-state index contributed by atoms with van der Waals surface area (Å²) >= 11 is 0. The number of isocyanates is 1. The number of esters is 5. The van der Waals surface area contributed by atoms with E-state index in [1.165, 1.54) is 25.1 Å². The van der Waals surface area contributed by atoms with Crippen LogP contribution < -0.4 is 77.2 Å². The molecule has 0 bridgehead atoms. The van der Waals surface area contributed by atoms with Gasteiger partial charge in [0.05, 0.1) is 89.2 Å². The molecule has 0 aromatic heterocycles. The van der Waals surface area contributed by atoms with Gasteiger partial charge in [0.2, 0.25) is 17.9 Å². The SMILES string of the molecule is CC(C)(C)[O-].CCOC(=O)C(C(=O)Cc1cc(CC(=O)OC(C)COC(C)COC(C)COC(=O)Nc2ccc(C)c(NC(=O)C(C(C)=O)C(C)=O)c2)ccc1C)C(=O)OCC.CCOC(=O)CC(C)=O.Cc1ccc(CC(=O)OC(C)COC(C)COC(C)COC(=O)Nc2ccc(C)c(OC#N)c2)cc1N=C=O.[K+]. The number of hydrogen-bond acceptors (Lipinski definition) is 28. The van der Waals surface area contributed by atoms with E-state index in [-0.39, 0.29) is 142 Å². The predicted molar refractivity (Wildman–Crippen MR) is 399 cm³/mol. The van der Waals surface area contributed by atoms with Gasteiger partial charge >= 0.3 is 93.4 Å². The Labute approximate surface area is 691 Å². The molecule has 0 spiro atoms. The van der Waals surface area contributed by atoms with Crippen LogP contribution in [0.3, 0.4) is 0 Å². The molecular formula is C79H106KN5O26. The zero-order valence-electron chi connectivity index (χ0n) is 67.2. The summed E-state index contributed by atoms with van der Waals surface area (Å²) in [7, 11) is 0. The maximum absolute atomic E-state index is 13.0. The number of aryl methyl sites for hydroxylation is 4. The van der Waals surface area contributed by atoms with Crippen LogP contribution in [0.4, 0.5) is 32.3 Å². The average Bonchev–Trinajstić information content (AvgIpc) is 0.847. The van der Waals surface area contributed by atoms with Gasteiger partial charge in [-0.15, -0.1) is 10.9 Å². The Balaban J connectivity index is 0.00000192. The second kappa shape index (κ2) is 54.6. The van der Waals surface area contributed by atoms with E-state index in [0.717, 1.165) is 30.5 Å². The molecule has 3 N–H and O–H groups in total. The van der Waals surface area contributed by atoms with Crippen LogP contribution in [0.2, 0.25) is 0 Å². The number of anilines is 3. The third kappa shape index (κ3) is 45.2. The number of carbonyl (C=O) groups excluding carboxylic acids is 13. The Kier molecular flexibility index (Phi) is 50.2. The molecule has 0 saturated carbocycles. The van der Waals surface area contributed by atoms with Crippen LogP contribution in [0, 0.1) is 51.0 Å². The second-order valence-electron chi connectivity index (χ2n) is 26.3. The van der Waals surface area contributed by atoms with Crippen molar-refractivity contribution < 1.29 is 176 Å².